The molecular formula is C13H17F3N4O3. The monoisotopic (exact) mass is 334 g/mol. The van der Waals surface area contributed by atoms with Gasteiger partial charge in [0.15, 0.2) is 0 Å². The number of aromatic nitrogens is 2. The molecule has 1 aromatic rings. The van der Waals surface area contributed by atoms with Gasteiger partial charge in [-0.25, -0.2) is 14.8 Å². The van der Waals surface area contributed by atoms with E-state index >= 15 is 0 Å². The molecule has 0 atom stereocenters. The average molecular weight is 334 g/mol. The van der Waals surface area contributed by atoms with E-state index in [1.54, 1.807) is 6.92 Å². The normalized spacial score (nSPS) is 17.9. The molecule has 10 heteroatoms. The fourth-order valence-electron chi connectivity index (χ4n) is 2.60. The maximum Gasteiger partial charge on any atom is 0.433 e. The van der Waals surface area contributed by atoms with Crippen LogP contribution in [-0.2, 0) is 6.18 Å². The molecule has 23 heavy (non-hydrogen) atoms. The summed E-state index contributed by atoms with van der Waals surface area (Å²) in [6.07, 6.45) is -4.64. The van der Waals surface area contributed by atoms with Crippen molar-refractivity contribution in [2.24, 2.45) is 0 Å². The molecule has 2 N–H and O–H groups in total. The van der Waals surface area contributed by atoms with Crippen LogP contribution < -0.4 is 4.90 Å². The molecule has 0 bridgehead atoms. The van der Waals surface area contributed by atoms with Crippen LogP contribution in [0.4, 0.5) is 23.9 Å². The zero-order valence-electron chi connectivity index (χ0n) is 12.4. The zero-order chi connectivity index (χ0) is 17.3. The third-order valence-electron chi connectivity index (χ3n) is 3.83. The number of hydrogen-bond donors (Lipinski definition) is 2. The summed E-state index contributed by atoms with van der Waals surface area (Å²) in [5, 5.41) is 19.5. The summed E-state index contributed by atoms with van der Waals surface area (Å²) in [7, 11) is 0. The van der Waals surface area contributed by atoms with Crippen molar-refractivity contribution < 1.29 is 28.2 Å². The summed E-state index contributed by atoms with van der Waals surface area (Å²) in [4.78, 5) is 20.9. The summed E-state index contributed by atoms with van der Waals surface area (Å²) in [5.41, 5.74) is -2.57. The van der Waals surface area contributed by atoms with Crippen LogP contribution in [0.1, 0.15) is 25.5 Å². The molecule has 1 saturated heterocycles. The Hall–Kier alpha value is -2.10. The molecule has 2 rings (SSSR count). The molecule has 2 heterocycles. The van der Waals surface area contributed by atoms with Gasteiger partial charge in [0, 0.05) is 38.7 Å². The lowest BCUT2D eigenvalue weighted by Gasteiger charge is -2.43. The minimum absolute atomic E-state index is 0.0622. The predicted octanol–water partition coefficient (Wildman–Crippen LogP) is 1.78. The van der Waals surface area contributed by atoms with Crippen LogP contribution in [0.2, 0.25) is 0 Å². The van der Waals surface area contributed by atoms with Gasteiger partial charge >= 0.3 is 12.3 Å². The number of aliphatic hydroxyl groups is 1. The van der Waals surface area contributed by atoms with Gasteiger partial charge in [0.05, 0.1) is 0 Å². The Balaban J connectivity index is 2.12. The Labute approximate surface area is 130 Å². The number of alkyl halides is 3. The molecule has 1 aliphatic rings. The highest BCUT2D eigenvalue weighted by Crippen LogP contribution is 2.31. The van der Waals surface area contributed by atoms with E-state index in [2.05, 4.69) is 9.97 Å². The maximum atomic E-state index is 12.7. The average Bonchev–Trinajstić information content (AvgIpc) is 2.47. The van der Waals surface area contributed by atoms with E-state index in [0.29, 0.717) is 0 Å². The number of rotatable bonds is 3. The fourth-order valence-corrected chi connectivity index (χ4v) is 2.60. The third-order valence-corrected chi connectivity index (χ3v) is 3.83. The van der Waals surface area contributed by atoms with Gasteiger partial charge in [-0.05, 0) is 13.0 Å². The third kappa shape index (κ3) is 3.63. The van der Waals surface area contributed by atoms with Gasteiger partial charge in [0.25, 0.3) is 0 Å². The van der Waals surface area contributed by atoms with E-state index in [1.165, 1.54) is 4.90 Å². The van der Waals surface area contributed by atoms with Crippen LogP contribution >= 0.6 is 0 Å². The van der Waals surface area contributed by atoms with Crippen LogP contribution in [0.15, 0.2) is 12.3 Å². The second kappa shape index (κ2) is 6.19. The van der Waals surface area contributed by atoms with Crippen molar-refractivity contribution in [3.8, 4) is 0 Å². The van der Waals surface area contributed by atoms with Crippen molar-refractivity contribution in [2.75, 3.05) is 24.5 Å². The molecule has 0 saturated carbocycles. The Bertz CT molecular complexity index is 574. The first-order valence-corrected chi connectivity index (χ1v) is 7.05. The highest BCUT2D eigenvalue weighted by Gasteiger charge is 2.41. The number of piperidine rings is 1. The highest BCUT2D eigenvalue weighted by molar-refractivity contribution is 5.65. The van der Waals surface area contributed by atoms with Crippen LogP contribution in [-0.4, -0.2) is 56.5 Å². The van der Waals surface area contributed by atoms with Crippen molar-refractivity contribution in [3.05, 3.63) is 18.0 Å². The fraction of sp³-hybridized carbons (Fsp3) is 0.615. The standard InChI is InChI=1S/C13H17F3N4O3/c1-2-20(11(21)22)12(23)4-7-19(8-5-12)10-17-6-3-9(18-10)13(14,15)16/h3,6,23H,2,4-5,7-8H2,1H3,(H,21,22). The summed E-state index contributed by atoms with van der Waals surface area (Å²) in [6, 6.07) is 0.785. The van der Waals surface area contributed by atoms with Gasteiger partial charge in [0.1, 0.15) is 11.4 Å². The van der Waals surface area contributed by atoms with E-state index in [1.807, 2.05) is 0 Å². The van der Waals surface area contributed by atoms with Gasteiger partial charge in [-0.15, -0.1) is 0 Å². The lowest BCUT2D eigenvalue weighted by atomic mass is 9.99. The molecule has 1 aromatic heterocycles. The number of amides is 1. The summed E-state index contributed by atoms with van der Waals surface area (Å²) in [6.45, 7) is 2.03. The number of hydrogen-bond acceptors (Lipinski definition) is 5. The first-order chi connectivity index (χ1) is 10.7. The lowest BCUT2D eigenvalue weighted by molar-refractivity contribution is -0.141. The smallest absolute Gasteiger partial charge is 0.433 e. The van der Waals surface area contributed by atoms with E-state index < -0.39 is 23.7 Å². The van der Waals surface area contributed by atoms with Gasteiger partial charge in [-0.1, -0.05) is 0 Å². The van der Waals surface area contributed by atoms with Crippen LogP contribution in [0.3, 0.4) is 0 Å². The topological polar surface area (TPSA) is 89.8 Å². The lowest BCUT2D eigenvalue weighted by Crippen LogP contribution is -2.57. The molecule has 7 nitrogen and oxygen atoms in total. The van der Waals surface area contributed by atoms with Gasteiger partial charge < -0.3 is 15.1 Å². The molecule has 0 radical (unpaired) electrons. The molecule has 0 unspecified atom stereocenters. The SMILES string of the molecule is CCN(C(=O)O)C1(O)CCN(c2nccc(C(F)(F)F)n2)CC1. The second-order valence-electron chi connectivity index (χ2n) is 5.24. The van der Waals surface area contributed by atoms with Crippen LogP contribution in [0.5, 0.6) is 0 Å². The molecular weight excluding hydrogens is 317 g/mol. The first kappa shape index (κ1) is 17.3. The quantitative estimate of drug-likeness (QED) is 0.819. The second-order valence-corrected chi connectivity index (χ2v) is 5.24. The Kier molecular flexibility index (Phi) is 4.64. The first-order valence-electron chi connectivity index (χ1n) is 7.05. The summed E-state index contributed by atoms with van der Waals surface area (Å²) >= 11 is 0. The molecule has 1 fully saturated rings. The summed E-state index contributed by atoms with van der Waals surface area (Å²) < 4.78 is 38.0. The van der Waals surface area contributed by atoms with E-state index in [4.69, 9.17) is 5.11 Å². The van der Waals surface area contributed by atoms with Gasteiger partial charge in [0.2, 0.25) is 5.95 Å². The number of anilines is 1. The van der Waals surface area contributed by atoms with Crippen molar-refractivity contribution in [1.82, 2.24) is 14.9 Å². The van der Waals surface area contributed by atoms with Gasteiger partial charge in [-0.3, -0.25) is 4.90 Å². The van der Waals surface area contributed by atoms with Crippen molar-refractivity contribution in [3.63, 3.8) is 0 Å². The Morgan fingerprint density at radius 3 is 2.52 bits per heavy atom. The predicted molar refractivity (Wildman–Crippen MR) is 73.8 cm³/mol. The van der Waals surface area contributed by atoms with Crippen molar-refractivity contribution >= 4 is 12.0 Å². The number of nitrogens with zero attached hydrogens (tertiary/aromatic N) is 4. The molecule has 0 aliphatic carbocycles. The van der Waals surface area contributed by atoms with Gasteiger partial charge in [-0.2, -0.15) is 13.2 Å². The highest BCUT2D eigenvalue weighted by atomic mass is 19.4. The Morgan fingerprint density at radius 1 is 1.43 bits per heavy atom. The van der Waals surface area contributed by atoms with Crippen LogP contribution in [0.25, 0.3) is 0 Å². The molecule has 128 valence electrons. The molecule has 0 aromatic carbocycles. The molecule has 1 amide bonds. The van der Waals surface area contributed by atoms with Crippen LogP contribution in [0, 0.1) is 0 Å². The largest absolute Gasteiger partial charge is 0.465 e. The van der Waals surface area contributed by atoms with Crippen molar-refractivity contribution in [1.29, 1.82) is 0 Å². The summed E-state index contributed by atoms with van der Waals surface area (Å²) in [5.74, 6) is -0.0831. The molecule has 1 aliphatic heterocycles. The minimum atomic E-state index is -4.56. The molecule has 0 spiro atoms. The maximum absolute atomic E-state index is 12.7. The number of carbonyl (C=O) groups is 1. The van der Waals surface area contributed by atoms with E-state index in [0.717, 1.165) is 17.2 Å². The minimum Gasteiger partial charge on any atom is -0.465 e. The number of carboxylic acid groups (broad SMARTS) is 1. The van der Waals surface area contributed by atoms with Crippen molar-refractivity contribution in [2.45, 2.75) is 31.7 Å². The zero-order valence-corrected chi connectivity index (χ0v) is 12.4. The Morgan fingerprint density at radius 2 is 2.04 bits per heavy atom. The van der Waals surface area contributed by atoms with E-state index in [9.17, 15) is 23.1 Å². The van der Waals surface area contributed by atoms with E-state index in [-0.39, 0.29) is 38.4 Å². The number of halogens is 3.